The Labute approximate surface area is 183 Å². The monoisotopic (exact) mass is 464 g/mol. The first kappa shape index (κ1) is 27.4. The Morgan fingerprint density at radius 2 is 1.10 bits per heavy atom. The molecule has 0 aliphatic heterocycles. The van der Waals surface area contributed by atoms with Gasteiger partial charge in [0.25, 0.3) is 10.1 Å². The molecule has 0 saturated carbocycles. The number of aryl methyl sites for hydroxylation is 1. The molecule has 0 fully saturated rings. The first-order chi connectivity index (χ1) is 14.9. The van der Waals surface area contributed by atoms with Crippen LogP contribution in [0.25, 0.3) is 0 Å². The van der Waals surface area contributed by atoms with E-state index in [4.69, 9.17) is 33.0 Å². The fourth-order valence-corrected chi connectivity index (χ4v) is 3.01. The van der Waals surface area contributed by atoms with Gasteiger partial charge in [-0.1, -0.05) is 17.7 Å². The summed E-state index contributed by atoms with van der Waals surface area (Å²) in [6, 6.07) is 6.44. The van der Waals surface area contributed by atoms with Crippen molar-refractivity contribution in [3.8, 4) is 0 Å². The van der Waals surface area contributed by atoms with E-state index >= 15 is 0 Å². The smallest absolute Gasteiger partial charge is 0.305 e. The second-order valence-corrected chi connectivity index (χ2v) is 7.91. The van der Waals surface area contributed by atoms with E-state index < -0.39 is 16.1 Å². The lowest BCUT2D eigenvalue weighted by Crippen LogP contribution is -2.15. The Bertz CT molecular complexity index is 690. The normalized spacial score (nSPS) is 11.6. The molecular formula is C20H32O10S. The molecule has 0 saturated heterocycles. The van der Waals surface area contributed by atoms with Crippen molar-refractivity contribution in [2.45, 2.75) is 18.2 Å². The first-order valence-electron chi connectivity index (χ1n) is 9.98. The van der Waals surface area contributed by atoms with Gasteiger partial charge >= 0.3 is 5.97 Å². The standard InChI is InChI=1S/C20H32O10S/c1-18-2-4-19(5-3-18)31(23,24)30-17-16-29-15-14-28-13-12-27-11-10-26-9-8-25-7-6-20(21)22/h2-5H,6-17H2,1H3,(H,21,22). The van der Waals surface area contributed by atoms with Gasteiger partial charge < -0.3 is 28.8 Å². The number of hydrogen-bond donors (Lipinski definition) is 1. The van der Waals surface area contributed by atoms with E-state index in [0.29, 0.717) is 52.9 Å². The number of hydrogen-bond acceptors (Lipinski definition) is 9. The van der Waals surface area contributed by atoms with Gasteiger partial charge in [-0.05, 0) is 19.1 Å². The summed E-state index contributed by atoms with van der Waals surface area (Å²) < 4.78 is 55.2. The predicted octanol–water partition coefficient (Wildman–Crippen LogP) is 1.26. The summed E-state index contributed by atoms with van der Waals surface area (Å²) in [7, 11) is -3.77. The van der Waals surface area contributed by atoms with Crippen molar-refractivity contribution in [2.24, 2.45) is 0 Å². The van der Waals surface area contributed by atoms with Crippen molar-refractivity contribution in [1.82, 2.24) is 0 Å². The molecule has 0 unspecified atom stereocenters. The Morgan fingerprint density at radius 1 is 0.710 bits per heavy atom. The Morgan fingerprint density at radius 3 is 1.52 bits per heavy atom. The summed E-state index contributed by atoms with van der Waals surface area (Å²) in [6.45, 7) is 5.18. The maximum absolute atomic E-state index is 12.0. The third-order valence-electron chi connectivity index (χ3n) is 3.72. The minimum atomic E-state index is -3.77. The molecule has 10 nitrogen and oxygen atoms in total. The number of carboxylic acid groups (broad SMARTS) is 1. The van der Waals surface area contributed by atoms with Crippen molar-refractivity contribution in [3.63, 3.8) is 0 Å². The maximum atomic E-state index is 12.0. The molecule has 0 aliphatic rings. The molecule has 0 radical (unpaired) electrons. The van der Waals surface area contributed by atoms with Crippen molar-refractivity contribution in [3.05, 3.63) is 29.8 Å². The lowest BCUT2D eigenvalue weighted by atomic mass is 10.2. The molecule has 0 heterocycles. The minimum absolute atomic E-state index is 0.0160. The number of benzene rings is 1. The zero-order valence-electron chi connectivity index (χ0n) is 17.8. The molecule has 0 spiro atoms. The van der Waals surface area contributed by atoms with E-state index in [9.17, 15) is 13.2 Å². The van der Waals surface area contributed by atoms with Crippen LogP contribution in [0.4, 0.5) is 0 Å². The largest absolute Gasteiger partial charge is 0.481 e. The first-order valence-corrected chi connectivity index (χ1v) is 11.4. The Hall–Kier alpha value is -1.60. The highest BCUT2D eigenvalue weighted by molar-refractivity contribution is 7.86. The fraction of sp³-hybridized carbons (Fsp3) is 0.650. The van der Waals surface area contributed by atoms with Crippen LogP contribution in [0.2, 0.25) is 0 Å². The Balaban J connectivity index is 1.83. The SMILES string of the molecule is Cc1ccc(S(=O)(=O)OCCOCCOCCOCCOCCOCCC(=O)O)cc1. The van der Waals surface area contributed by atoms with Crippen LogP contribution in [0, 0.1) is 6.92 Å². The van der Waals surface area contributed by atoms with Gasteiger partial charge in [0.2, 0.25) is 0 Å². The predicted molar refractivity (Wildman–Crippen MR) is 111 cm³/mol. The van der Waals surface area contributed by atoms with Crippen molar-refractivity contribution >= 4 is 16.1 Å². The summed E-state index contributed by atoms with van der Waals surface area (Å²) >= 11 is 0. The molecule has 178 valence electrons. The lowest BCUT2D eigenvalue weighted by Gasteiger charge is -2.08. The molecule has 1 rings (SSSR count). The third kappa shape index (κ3) is 14.9. The number of aliphatic carboxylic acids is 1. The number of carboxylic acids is 1. The van der Waals surface area contributed by atoms with Crippen LogP contribution in [-0.2, 0) is 42.8 Å². The molecule has 0 aromatic heterocycles. The van der Waals surface area contributed by atoms with Crippen molar-refractivity contribution in [2.75, 3.05) is 72.7 Å². The van der Waals surface area contributed by atoms with Gasteiger partial charge in [-0.25, -0.2) is 0 Å². The van der Waals surface area contributed by atoms with Crippen LogP contribution >= 0.6 is 0 Å². The topological polar surface area (TPSA) is 127 Å². The summed E-state index contributed by atoms with van der Waals surface area (Å²) in [5, 5.41) is 8.44. The highest BCUT2D eigenvalue weighted by atomic mass is 32.2. The molecule has 0 aliphatic carbocycles. The van der Waals surface area contributed by atoms with Crippen LogP contribution in [-0.4, -0.2) is 92.2 Å². The Kier molecular flexibility index (Phi) is 15.1. The summed E-state index contributed by atoms with van der Waals surface area (Å²) in [4.78, 5) is 10.4. The second-order valence-electron chi connectivity index (χ2n) is 6.29. The molecule has 0 amide bonds. The third-order valence-corrected chi connectivity index (χ3v) is 5.05. The maximum Gasteiger partial charge on any atom is 0.305 e. The highest BCUT2D eigenvalue weighted by Gasteiger charge is 2.14. The van der Waals surface area contributed by atoms with Crippen LogP contribution < -0.4 is 0 Å². The lowest BCUT2D eigenvalue weighted by molar-refractivity contribution is -0.138. The van der Waals surface area contributed by atoms with Crippen LogP contribution in [0.1, 0.15) is 12.0 Å². The molecule has 11 heteroatoms. The van der Waals surface area contributed by atoms with Gasteiger partial charge in [-0.15, -0.1) is 0 Å². The molecule has 1 aromatic rings. The average molecular weight is 465 g/mol. The molecule has 0 bridgehead atoms. The molecule has 1 N–H and O–H groups in total. The number of carbonyl (C=O) groups is 1. The highest BCUT2D eigenvalue weighted by Crippen LogP contribution is 2.12. The van der Waals surface area contributed by atoms with Gasteiger partial charge in [0.15, 0.2) is 0 Å². The van der Waals surface area contributed by atoms with Gasteiger partial charge in [0, 0.05) is 0 Å². The van der Waals surface area contributed by atoms with Crippen molar-refractivity contribution in [1.29, 1.82) is 0 Å². The summed E-state index contributed by atoms with van der Waals surface area (Å²) in [5.74, 6) is -0.888. The van der Waals surface area contributed by atoms with Gasteiger partial charge in [0.1, 0.15) is 0 Å². The van der Waals surface area contributed by atoms with Crippen LogP contribution in [0.3, 0.4) is 0 Å². The minimum Gasteiger partial charge on any atom is -0.481 e. The van der Waals surface area contributed by atoms with Crippen LogP contribution in [0.15, 0.2) is 29.2 Å². The van der Waals surface area contributed by atoms with Crippen LogP contribution in [0.5, 0.6) is 0 Å². The van der Waals surface area contributed by atoms with E-state index in [0.717, 1.165) is 5.56 Å². The van der Waals surface area contributed by atoms with Gasteiger partial charge in [-0.2, -0.15) is 8.42 Å². The van der Waals surface area contributed by atoms with E-state index in [1.54, 1.807) is 12.1 Å². The summed E-state index contributed by atoms with van der Waals surface area (Å²) in [6.07, 6.45) is -0.0160. The van der Waals surface area contributed by atoms with E-state index in [2.05, 4.69) is 0 Å². The average Bonchev–Trinajstić information content (AvgIpc) is 2.73. The molecule has 31 heavy (non-hydrogen) atoms. The molecule has 0 atom stereocenters. The van der Waals surface area contributed by atoms with E-state index in [-0.39, 0.29) is 31.1 Å². The van der Waals surface area contributed by atoms with Gasteiger partial charge in [-0.3, -0.25) is 8.98 Å². The zero-order chi connectivity index (χ0) is 22.8. The fourth-order valence-electron chi connectivity index (χ4n) is 2.12. The number of ether oxygens (including phenoxy) is 5. The van der Waals surface area contributed by atoms with Gasteiger partial charge in [0.05, 0.1) is 84.0 Å². The zero-order valence-corrected chi connectivity index (χ0v) is 18.6. The van der Waals surface area contributed by atoms with E-state index in [1.165, 1.54) is 12.1 Å². The van der Waals surface area contributed by atoms with E-state index in [1.807, 2.05) is 6.92 Å². The quantitative estimate of drug-likeness (QED) is 0.222. The molecular weight excluding hydrogens is 432 g/mol. The number of rotatable bonds is 20. The molecule has 1 aromatic carbocycles. The summed E-state index contributed by atoms with van der Waals surface area (Å²) in [5.41, 5.74) is 0.970. The second kappa shape index (κ2) is 17.0. The van der Waals surface area contributed by atoms with Crippen molar-refractivity contribution < 1.29 is 46.2 Å².